The summed E-state index contributed by atoms with van der Waals surface area (Å²) >= 11 is 0. The Morgan fingerprint density at radius 1 is 1.35 bits per heavy atom. The van der Waals surface area contributed by atoms with E-state index in [9.17, 15) is 4.79 Å². The Labute approximate surface area is 151 Å². The van der Waals surface area contributed by atoms with Crippen molar-refractivity contribution in [3.63, 3.8) is 0 Å². The summed E-state index contributed by atoms with van der Waals surface area (Å²) in [6.45, 7) is 1.88. The second kappa shape index (κ2) is 6.33. The average Bonchev–Trinajstić information content (AvgIpc) is 2.91. The number of nitrogens with two attached hydrogens (primary N) is 1. The predicted molar refractivity (Wildman–Crippen MR) is 100 cm³/mol. The molecule has 4 rings (SSSR count). The highest BCUT2D eigenvalue weighted by atomic mass is 16.5. The lowest BCUT2D eigenvalue weighted by atomic mass is 10.0. The molecule has 3 aliphatic rings. The van der Waals surface area contributed by atoms with Crippen LogP contribution in [0.1, 0.15) is 18.9 Å². The highest BCUT2D eigenvalue weighted by Gasteiger charge is 2.44. The van der Waals surface area contributed by atoms with Crippen LogP contribution in [0.3, 0.4) is 0 Å². The van der Waals surface area contributed by atoms with E-state index in [1.165, 1.54) is 0 Å². The van der Waals surface area contributed by atoms with Crippen LogP contribution in [-0.4, -0.2) is 29.0 Å². The molecule has 0 fully saturated rings. The molecule has 1 unspecified atom stereocenters. The molecule has 6 nitrogen and oxygen atoms in total. The molecule has 6 heteroatoms. The van der Waals surface area contributed by atoms with Gasteiger partial charge in [-0.25, -0.2) is 0 Å². The molecule has 1 aliphatic carbocycles. The number of ether oxygens (including phenoxy) is 1. The number of rotatable bonds is 6. The van der Waals surface area contributed by atoms with Crippen LogP contribution in [0, 0.1) is 0 Å². The summed E-state index contributed by atoms with van der Waals surface area (Å²) in [6.07, 6.45) is 11.7. The SMILES string of the molecule is CCC(=O)COc1cccc(C2=NC(C3=CC=C3)=C3C=NC=C[N+]23N)c1. The first-order valence-corrected chi connectivity index (χ1v) is 8.48. The van der Waals surface area contributed by atoms with E-state index < -0.39 is 0 Å². The smallest absolute Gasteiger partial charge is 0.265 e. The Morgan fingerprint density at radius 2 is 2.19 bits per heavy atom. The van der Waals surface area contributed by atoms with Gasteiger partial charge < -0.3 is 4.74 Å². The Hall–Kier alpha value is -3.09. The van der Waals surface area contributed by atoms with Crippen LogP contribution in [0.5, 0.6) is 5.75 Å². The van der Waals surface area contributed by atoms with Crippen LogP contribution in [-0.2, 0) is 4.79 Å². The van der Waals surface area contributed by atoms with Crippen molar-refractivity contribution in [3.8, 4) is 5.75 Å². The molecule has 0 amide bonds. The topological polar surface area (TPSA) is 77.0 Å². The summed E-state index contributed by atoms with van der Waals surface area (Å²) in [5.41, 5.74) is 3.52. The maximum atomic E-state index is 11.5. The molecule has 2 heterocycles. The maximum absolute atomic E-state index is 11.5. The van der Waals surface area contributed by atoms with Crippen molar-refractivity contribution >= 4 is 17.8 Å². The Bertz CT molecular complexity index is 966. The minimum absolute atomic E-state index is 0.0403. The van der Waals surface area contributed by atoms with Gasteiger partial charge in [-0.2, -0.15) is 10.8 Å². The molecule has 0 saturated heterocycles. The number of Topliss-reactive ketones (excluding diaryl/α,β-unsaturated/α-hetero) is 1. The summed E-state index contributed by atoms with van der Waals surface area (Å²) in [5, 5.41) is 0. The molecule has 1 aromatic rings. The number of benzene rings is 1. The monoisotopic (exact) mass is 347 g/mol. The molecule has 2 aliphatic heterocycles. The number of carbonyl (C=O) groups is 1. The van der Waals surface area contributed by atoms with Crippen molar-refractivity contribution in [1.29, 1.82) is 0 Å². The third-order valence-corrected chi connectivity index (χ3v) is 4.51. The van der Waals surface area contributed by atoms with E-state index in [1.54, 1.807) is 18.6 Å². The van der Waals surface area contributed by atoms with Gasteiger partial charge in [-0.05, 0) is 18.2 Å². The largest absolute Gasteiger partial charge is 0.486 e. The molecule has 0 spiro atoms. The van der Waals surface area contributed by atoms with Crippen LogP contribution in [0.25, 0.3) is 0 Å². The first-order chi connectivity index (χ1) is 12.6. The number of hydrogen-bond donors (Lipinski definition) is 1. The van der Waals surface area contributed by atoms with Gasteiger partial charge in [-0.15, -0.1) is 4.59 Å². The predicted octanol–water partition coefficient (Wildman–Crippen LogP) is 2.76. The second-order valence-electron chi connectivity index (χ2n) is 6.21. The summed E-state index contributed by atoms with van der Waals surface area (Å²) in [4.78, 5) is 20.5. The van der Waals surface area contributed by atoms with Gasteiger partial charge in [0, 0.05) is 12.0 Å². The summed E-state index contributed by atoms with van der Waals surface area (Å²) in [5.74, 6) is 8.03. The number of ketones is 1. The molecule has 1 atom stereocenters. The molecule has 0 bridgehead atoms. The van der Waals surface area contributed by atoms with Crippen molar-refractivity contribution < 1.29 is 14.1 Å². The molecule has 0 radical (unpaired) electrons. The van der Waals surface area contributed by atoms with Crippen LogP contribution < -0.4 is 10.6 Å². The third kappa shape index (κ3) is 2.65. The number of amidine groups is 1. The number of quaternary nitrogens is 1. The molecule has 0 aromatic heterocycles. The fourth-order valence-electron chi connectivity index (χ4n) is 2.93. The lowest BCUT2D eigenvalue weighted by Crippen LogP contribution is -2.53. The van der Waals surface area contributed by atoms with Gasteiger partial charge in [0.05, 0.1) is 18.0 Å². The van der Waals surface area contributed by atoms with Gasteiger partial charge in [0.15, 0.2) is 5.78 Å². The van der Waals surface area contributed by atoms with Crippen LogP contribution in [0.15, 0.2) is 81.8 Å². The Morgan fingerprint density at radius 3 is 2.92 bits per heavy atom. The number of aliphatic imine (C=N–C) groups is 2. The van der Waals surface area contributed by atoms with E-state index in [0.29, 0.717) is 18.0 Å². The van der Waals surface area contributed by atoms with Gasteiger partial charge in [-0.3, -0.25) is 9.79 Å². The minimum atomic E-state index is -0.0403. The van der Waals surface area contributed by atoms with E-state index in [0.717, 1.165) is 22.5 Å². The van der Waals surface area contributed by atoms with Crippen molar-refractivity contribution in [2.45, 2.75) is 13.3 Å². The lowest BCUT2D eigenvalue weighted by molar-refractivity contribution is -0.750. The van der Waals surface area contributed by atoms with Crippen molar-refractivity contribution in [2.24, 2.45) is 15.8 Å². The molecule has 0 saturated carbocycles. The third-order valence-electron chi connectivity index (χ3n) is 4.51. The van der Waals surface area contributed by atoms with Gasteiger partial charge in [0.25, 0.3) is 5.84 Å². The molecule has 2 N–H and O–H groups in total. The highest BCUT2D eigenvalue weighted by Crippen LogP contribution is 2.36. The van der Waals surface area contributed by atoms with Gasteiger partial charge >= 0.3 is 0 Å². The summed E-state index contributed by atoms with van der Waals surface area (Å²) in [7, 11) is 0. The first kappa shape index (κ1) is 16.4. The summed E-state index contributed by atoms with van der Waals surface area (Å²) < 4.78 is 5.56. The molecule has 26 heavy (non-hydrogen) atoms. The number of fused-ring (bicyclic) bond motifs is 1. The minimum Gasteiger partial charge on any atom is -0.486 e. The van der Waals surface area contributed by atoms with E-state index in [-0.39, 0.29) is 17.0 Å². The van der Waals surface area contributed by atoms with Gasteiger partial charge in [0.1, 0.15) is 24.3 Å². The second-order valence-corrected chi connectivity index (χ2v) is 6.21. The fraction of sp³-hybridized carbons (Fsp3) is 0.150. The van der Waals surface area contributed by atoms with Crippen molar-refractivity contribution in [3.05, 3.63) is 77.4 Å². The standard InChI is InChI=1S/C20H19N4O2/c1-2-16(25)13-26-17-8-4-7-15(11-17)20-23-19(14-5-3-6-14)18-12-22-9-10-24(18,20)21/h3-12H,2,13,21H2,1H3/q+1. The van der Waals surface area contributed by atoms with E-state index in [1.807, 2.05) is 49.4 Å². The molecular formula is C20H19N4O2+. The number of hydrogen-bond acceptors (Lipinski definition) is 5. The number of nitrogens with zero attached hydrogens (tertiary/aromatic N) is 3. The van der Waals surface area contributed by atoms with Gasteiger partial charge in [-0.1, -0.05) is 31.2 Å². The highest BCUT2D eigenvalue weighted by molar-refractivity contribution is 6.01. The van der Waals surface area contributed by atoms with Crippen molar-refractivity contribution in [2.75, 3.05) is 6.61 Å². The van der Waals surface area contributed by atoms with Crippen LogP contribution in [0.4, 0.5) is 0 Å². The van der Waals surface area contributed by atoms with E-state index in [4.69, 9.17) is 15.6 Å². The number of carbonyl (C=O) groups excluding carboxylic acids is 1. The zero-order chi connectivity index (χ0) is 18.1. The summed E-state index contributed by atoms with van der Waals surface area (Å²) in [6, 6.07) is 7.49. The Kier molecular flexibility index (Phi) is 3.99. The van der Waals surface area contributed by atoms with E-state index in [2.05, 4.69) is 4.99 Å². The van der Waals surface area contributed by atoms with Crippen LogP contribution in [0.2, 0.25) is 0 Å². The normalized spacial score (nSPS) is 22.7. The van der Waals surface area contributed by atoms with Crippen LogP contribution >= 0.6 is 0 Å². The quantitative estimate of drug-likeness (QED) is 0.635. The fourth-order valence-corrected chi connectivity index (χ4v) is 2.93. The molecular weight excluding hydrogens is 328 g/mol. The zero-order valence-corrected chi connectivity index (χ0v) is 14.4. The zero-order valence-electron chi connectivity index (χ0n) is 14.4. The lowest BCUT2D eigenvalue weighted by Gasteiger charge is -2.26. The molecule has 130 valence electrons. The van der Waals surface area contributed by atoms with Gasteiger partial charge in [0.2, 0.25) is 5.70 Å². The van der Waals surface area contributed by atoms with Crippen molar-refractivity contribution in [1.82, 2.24) is 0 Å². The Balaban J connectivity index is 1.69. The first-order valence-electron chi connectivity index (χ1n) is 8.48. The number of allylic oxidation sites excluding steroid dienone is 4. The average molecular weight is 347 g/mol. The molecule has 1 aromatic carbocycles. The maximum Gasteiger partial charge on any atom is 0.265 e. The van der Waals surface area contributed by atoms with E-state index >= 15 is 0 Å².